The summed E-state index contributed by atoms with van der Waals surface area (Å²) in [6, 6.07) is 0. The second-order valence-corrected chi connectivity index (χ2v) is 4.16. The summed E-state index contributed by atoms with van der Waals surface area (Å²) in [6.45, 7) is 7.53. The summed E-state index contributed by atoms with van der Waals surface area (Å²) < 4.78 is 10.2. The molecule has 18 heavy (non-hydrogen) atoms. The van der Waals surface area contributed by atoms with Crippen LogP contribution in [0.3, 0.4) is 0 Å². The standard InChI is InChI=1S/C14H24O4/c1-5-8-9-12(10-17-13(15)7-3)14(16)18-11(4)6-2/h9,11H,5-8,10H2,1-4H3. The number of ether oxygens (including phenoxy) is 2. The number of allylic oxidation sites excluding steroid dienone is 1. The monoisotopic (exact) mass is 256 g/mol. The van der Waals surface area contributed by atoms with E-state index in [2.05, 4.69) is 0 Å². The summed E-state index contributed by atoms with van der Waals surface area (Å²) in [6.07, 6.45) is 4.44. The minimum absolute atomic E-state index is 0.00193. The van der Waals surface area contributed by atoms with Gasteiger partial charge in [-0.1, -0.05) is 33.3 Å². The molecule has 0 N–H and O–H groups in total. The average Bonchev–Trinajstić information content (AvgIpc) is 2.37. The number of carbonyl (C=O) groups is 2. The molecule has 0 aromatic rings. The van der Waals surface area contributed by atoms with E-state index in [1.165, 1.54) is 0 Å². The van der Waals surface area contributed by atoms with Crippen LogP contribution in [0, 0.1) is 0 Å². The topological polar surface area (TPSA) is 52.6 Å². The largest absolute Gasteiger partial charge is 0.461 e. The van der Waals surface area contributed by atoms with Crippen molar-refractivity contribution in [1.82, 2.24) is 0 Å². The molecule has 0 radical (unpaired) electrons. The predicted octanol–water partition coefficient (Wildman–Crippen LogP) is 3.01. The van der Waals surface area contributed by atoms with Crippen LogP contribution in [0.4, 0.5) is 0 Å². The van der Waals surface area contributed by atoms with E-state index < -0.39 is 0 Å². The normalized spacial score (nSPS) is 13.0. The number of carbonyl (C=O) groups excluding carboxylic acids is 2. The Kier molecular flexibility index (Phi) is 8.97. The molecule has 0 aromatic heterocycles. The van der Waals surface area contributed by atoms with E-state index in [0.29, 0.717) is 12.0 Å². The van der Waals surface area contributed by atoms with Gasteiger partial charge in [-0.3, -0.25) is 4.79 Å². The molecule has 0 fully saturated rings. The van der Waals surface area contributed by atoms with Crippen molar-refractivity contribution >= 4 is 11.9 Å². The molecule has 0 aromatic carbocycles. The molecular weight excluding hydrogens is 232 g/mol. The van der Waals surface area contributed by atoms with Gasteiger partial charge in [0.05, 0.1) is 11.7 Å². The summed E-state index contributed by atoms with van der Waals surface area (Å²) >= 11 is 0. The fourth-order valence-electron chi connectivity index (χ4n) is 1.12. The van der Waals surface area contributed by atoms with Crippen molar-refractivity contribution in [2.75, 3.05) is 6.61 Å². The molecule has 1 atom stereocenters. The Bertz CT molecular complexity index is 294. The Morgan fingerprint density at radius 1 is 1.22 bits per heavy atom. The Morgan fingerprint density at radius 2 is 1.89 bits per heavy atom. The minimum atomic E-state index is -0.387. The van der Waals surface area contributed by atoms with Crippen LogP contribution in [0.15, 0.2) is 11.6 Å². The highest BCUT2D eigenvalue weighted by molar-refractivity contribution is 5.89. The molecule has 4 nitrogen and oxygen atoms in total. The Hall–Kier alpha value is -1.32. The van der Waals surface area contributed by atoms with Crippen LogP contribution in [-0.2, 0) is 19.1 Å². The maximum absolute atomic E-state index is 11.8. The maximum Gasteiger partial charge on any atom is 0.337 e. The van der Waals surface area contributed by atoms with Gasteiger partial charge in [0.25, 0.3) is 0 Å². The highest BCUT2D eigenvalue weighted by Crippen LogP contribution is 2.07. The van der Waals surface area contributed by atoms with Crippen LogP contribution in [0.25, 0.3) is 0 Å². The van der Waals surface area contributed by atoms with Crippen LogP contribution in [0.1, 0.15) is 53.4 Å². The maximum atomic E-state index is 11.8. The van der Waals surface area contributed by atoms with Crippen LogP contribution >= 0.6 is 0 Å². The van der Waals surface area contributed by atoms with Gasteiger partial charge in [-0.15, -0.1) is 0 Å². The Balaban J connectivity index is 4.47. The van der Waals surface area contributed by atoms with E-state index in [1.54, 1.807) is 13.0 Å². The third-order valence-corrected chi connectivity index (χ3v) is 2.50. The lowest BCUT2D eigenvalue weighted by molar-refractivity contribution is -0.146. The fourth-order valence-corrected chi connectivity index (χ4v) is 1.12. The molecule has 0 aliphatic heterocycles. The third kappa shape index (κ3) is 7.09. The number of hydrogen-bond donors (Lipinski definition) is 0. The summed E-state index contributed by atoms with van der Waals surface area (Å²) in [7, 11) is 0. The molecule has 0 spiro atoms. The summed E-state index contributed by atoms with van der Waals surface area (Å²) in [5, 5.41) is 0. The molecule has 4 heteroatoms. The van der Waals surface area contributed by atoms with Gasteiger partial charge < -0.3 is 9.47 Å². The molecule has 0 heterocycles. The summed E-state index contributed by atoms with van der Waals surface area (Å²) in [5.74, 6) is -0.699. The third-order valence-electron chi connectivity index (χ3n) is 2.50. The molecule has 104 valence electrons. The van der Waals surface area contributed by atoms with E-state index in [4.69, 9.17) is 9.47 Å². The van der Waals surface area contributed by atoms with Crippen molar-refractivity contribution in [3.8, 4) is 0 Å². The van der Waals surface area contributed by atoms with Crippen molar-refractivity contribution in [3.05, 3.63) is 11.6 Å². The molecule has 0 bridgehead atoms. The van der Waals surface area contributed by atoms with Crippen molar-refractivity contribution < 1.29 is 19.1 Å². The lowest BCUT2D eigenvalue weighted by atomic mass is 10.2. The highest BCUT2D eigenvalue weighted by atomic mass is 16.6. The van der Waals surface area contributed by atoms with Crippen molar-refractivity contribution in [2.45, 2.75) is 59.5 Å². The second-order valence-electron chi connectivity index (χ2n) is 4.16. The van der Waals surface area contributed by atoms with Gasteiger partial charge in [0.1, 0.15) is 6.61 Å². The van der Waals surface area contributed by atoms with Gasteiger partial charge in [0.15, 0.2) is 0 Å². The first-order chi connectivity index (χ1) is 8.54. The van der Waals surface area contributed by atoms with Gasteiger partial charge in [-0.05, 0) is 19.8 Å². The smallest absolute Gasteiger partial charge is 0.337 e. The predicted molar refractivity (Wildman–Crippen MR) is 70.1 cm³/mol. The first kappa shape index (κ1) is 16.7. The number of rotatable bonds is 8. The minimum Gasteiger partial charge on any atom is -0.461 e. The van der Waals surface area contributed by atoms with E-state index in [1.807, 2.05) is 20.8 Å². The van der Waals surface area contributed by atoms with Gasteiger partial charge in [-0.25, -0.2) is 4.79 Å². The van der Waals surface area contributed by atoms with Crippen molar-refractivity contribution in [3.63, 3.8) is 0 Å². The zero-order valence-electron chi connectivity index (χ0n) is 11.8. The first-order valence-electron chi connectivity index (χ1n) is 6.60. The summed E-state index contributed by atoms with van der Waals surface area (Å²) in [5.41, 5.74) is 0.430. The lowest BCUT2D eigenvalue weighted by Gasteiger charge is -2.13. The van der Waals surface area contributed by atoms with Gasteiger partial charge >= 0.3 is 11.9 Å². The molecule has 0 rings (SSSR count). The molecule has 1 unspecified atom stereocenters. The van der Waals surface area contributed by atoms with E-state index in [9.17, 15) is 9.59 Å². The second kappa shape index (κ2) is 9.68. The Labute approximate surface area is 109 Å². The molecule has 0 aliphatic carbocycles. The average molecular weight is 256 g/mol. The number of unbranched alkanes of at least 4 members (excludes halogenated alkanes) is 1. The van der Waals surface area contributed by atoms with Crippen LogP contribution in [-0.4, -0.2) is 24.6 Å². The van der Waals surface area contributed by atoms with Crippen molar-refractivity contribution in [2.24, 2.45) is 0 Å². The molecular formula is C14H24O4. The summed E-state index contributed by atoms with van der Waals surface area (Å²) in [4.78, 5) is 22.9. The van der Waals surface area contributed by atoms with Gasteiger partial charge in [0.2, 0.25) is 0 Å². The molecule has 0 aliphatic rings. The first-order valence-corrected chi connectivity index (χ1v) is 6.60. The molecule has 0 amide bonds. The van der Waals surface area contributed by atoms with Gasteiger partial charge in [-0.2, -0.15) is 0 Å². The van der Waals surface area contributed by atoms with E-state index >= 15 is 0 Å². The van der Waals surface area contributed by atoms with E-state index in [-0.39, 0.29) is 24.6 Å². The quantitative estimate of drug-likeness (QED) is 0.495. The van der Waals surface area contributed by atoms with Gasteiger partial charge in [0, 0.05) is 6.42 Å². The zero-order chi connectivity index (χ0) is 14.0. The van der Waals surface area contributed by atoms with E-state index in [0.717, 1.165) is 19.3 Å². The lowest BCUT2D eigenvalue weighted by Crippen LogP contribution is -2.19. The number of hydrogen-bond acceptors (Lipinski definition) is 4. The highest BCUT2D eigenvalue weighted by Gasteiger charge is 2.15. The van der Waals surface area contributed by atoms with Crippen molar-refractivity contribution in [1.29, 1.82) is 0 Å². The SMILES string of the molecule is CCCC=C(COC(=O)CC)C(=O)OC(C)CC. The number of esters is 2. The van der Waals surface area contributed by atoms with Crippen LogP contribution in [0.2, 0.25) is 0 Å². The fraction of sp³-hybridized carbons (Fsp3) is 0.714. The Morgan fingerprint density at radius 3 is 2.39 bits per heavy atom. The molecule has 0 saturated carbocycles. The van der Waals surface area contributed by atoms with Crippen LogP contribution in [0.5, 0.6) is 0 Å². The van der Waals surface area contributed by atoms with Crippen LogP contribution < -0.4 is 0 Å². The molecule has 0 saturated heterocycles. The zero-order valence-corrected chi connectivity index (χ0v) is 11.8.